The van der Waals surface area contributed by atoms with E-state index in [1.807, 2.05) is 18.2 Å². The monoisotopic (exact) mass is 218 g/mol. The first kappa shape index (κ1) is 10.7. The molecule has 0 aliphatic rings. The molecule has 0 amide bonds. The molecule has 4 nitrogen and oxygen atoms in total. The van der Waals surface area contributed by atoms with Crippen LogP contribution in [0.15, 0.2) is 41.1 Å². The number of aromatic nitrogens is 1. The van der Waals surface area contributed by atoms with Gasteiger partial charge >= 0.3 is 0 Å². The Labute approximate surface area is 93.9 Å². The Morgan fingerprint density at radius 2 is 2.06 bits per heavy atom. The largest absolute Gasteiger partial charge is 0.508 e. The Morgan fingerprint density at radius 3 is 2.69 bits per heavy atom. The summed E-state index contributed by atoms with van der Waals surface area (Å²) in [6, 6.07) is 9.20. The fourth-order valence-electron chi connectivity index (χ4n) is 1.47. The Morgan fingerprint density at radius 1 is 1.31 bits per heavy atom. The number of aromatic hydroxyl groups is 1. The quantitative estimate of drug-likeness (QED) is 0.826. The molecule has 16 heavy (non-hydrogen) atoms. The van der Waals surface area contributed by atoms with Crippen LogP contribution in [0.25, 0.3) is 0 Å². The lowest BCUT2D eigenvalue weighted by atomic mass is 10.1. The van der Waals surface area contributed by atoms with Gasteiger partial charge in [0.1, 0.15) is 12.0 Å². The molecule has 0 radical (unpaired) electrons. The van der Waals surface area contributed by atoms with Gasteiger partial charge in [-0.2, -0.15) is 0 Å². The number of benzene rings is 1. The van der Waals surface area contributed by atoms with Gasteiger partial charge in [0.15, 0.2) is 0 Å². The molecule has 1 unspecified atom stereocenters. The van der Waals surface area contributed by atoms with Crippen molar-refractivity contribution < 1.29 is 9.63 Å². The van der Waals surface area contributed by atoms with Crippen molar-refractivity contribution in [1.82, 2.24) is 10.5 Å². The summed E-state index contributed by atoms with van der Waals surface area (Å²) in [7, 11) is 0. The van der Waals surface area contributed by atoms with E-state index in [4.69, 9.17) is 4.52 Å². The maximum Gasteiger partial charge on any atom is 0.124 e. The van der Waals surface area contributed by atoms with Crippen LogP contribution < -0.4 is 5.32 Å². The molecule has 2 aromatic rings. The van der Waals surface area contributed by atoms with Crippen LogP contribution >= 0.6 is 0 Å². The molecule has 1 heterocycles. The zero-order valence-corrected chi connectivity index (χ0v) is 9.05. The second-order valence-electron chi connectivity index (χ2n) is 3.68. The summed E-state index contributed by atoms with van der Waals surface area (Å²) in [5.74, 6) is 0.285. The van der Waals surface area contributed by atoms with E-state index >= 15 is 0 Å². The zero-order valence-electron chi connectivity index (χ0n) is 9.05. The van der Waals surface area contributed by atoms with Crippen molar-refractivity contribution in [2.24, 2.45) is 0 Å². The third kappa shape index (κ3) is 2.61. The molecule has 0 saturated carbocycles. The average Bonchev–Trinajstić information content (AvgIpc) is 2.80. The van der Waals surface area contributed by atoms with Gasteiger partial charge in [0.25, 0.3) is 0 Å². The van der Waals surface area contributed by atoms with Gasteiger partial charge in [-0.15, -0.1) is 0 Å². The van der Waals surface area contributed by atoms with Crippen molar-refractivity contribution in [3.05, 3.63) is 47.9 Å². The summed E-state index contributed by atoms with van der Waals surface area (Å²) in [4.78, 5) is 0. The number of rotatable bonds is 4. The summed E-state index contributed by atoms with van der Waals surface area (Å²) in [6.45, 7) is 2.73. The highest BCUT2D eigenvalue weighted by molar-refractivity contribution is 5.27. The molecule has 2 rings (SSSR count). The van der Waals surface area contributed by atoms with Crippen molar-refractivity contribution in [1.29, 1.82) is 0 Å². The summed E-state index contributed by atoms with van der Waals surface area (Å²) >= 11 is 0. The fraction of sp³-hybridized carbons (Fsp3) is 0.250. The molecular weight excluding hydrogens is 204 g/mol. The van der Waals surface area contributed by atoms with Crippen molar-refractivity contribution >= 4 is 0 Å². The highest BCUT2D eigenvalue weighted by atomic mass is 16.5. The van der Waals surface area contributed by atoms with Crippen LogP contribution in [0.1, 0.15) is 24.2 Å². The maximum absolute atomic E-state index is 9.18. The second kappa shape index (κ2) is 4.81. The third-order valence-corrected chi connectivity index (χ3v) is 2.47. The smallest absolute Gasteiger partial charge is 0.124 e. The van der Waals surface area contributed by atoms with E-state index in [2.05, 4.69) is 17.4 Å². The molecule has 2 N–H and O–H groups in total. The van der Waals surface area contributed by atoms with Gasteiger partial charge in [-0.25, -0.2) is 0 Å². The highest BCUT2D eigenvalue weighted by Gasteiger charge is 2.05. The third-order valence-electron chi connectivity index (χ3n) is 2.47. The lowest BCUT2D eigenvalue weighted by Crippen LogP contribution is -2.18. The van der Waals surface area contributed by atoms with Gasteiger partial charge in [0.2, 0.25) is 0 Å². The predicted octanol–water partition coefficient (Wildman–Crippen LogP) is 2.23. The molecule has 0 aliphatic heterocycles. The molecular formula is C12H14N2O2. The number of hydrogen-bond donors (Lipinski definition) is 2. The molecule has 1 aromatic heterocycles. The number of phenolic OH excluding ortho intramolecular Hbond substituents is 1. The van der Waals surface area contributed by atoms with Crippen molar-refractivity contribution in [2.45, 2.75) is 19.5 Å². The first-order valence-corrected chi connectivity index (χ1v) is 5.17. The Balaban J connectivity index is 1.93. The highest BCUT2D eigenvalue weighted by Crippen LogP contribution is 2.16. The molecule has 0 saturated heterocycles. The lowest BCUT2D eigenvalue weighted by Gasteiger charge is -2.12. The normalized spacial score (nSPS) is 12.6. The lowest BCUT2D eigenvalue weighted by molar-refractivity contribution is 0.406. The molecule has 4 heteroatoms. The summed E-state index contributed by atoms with van der Waals surface area (Å²) in [6.07, 6.45) is 1.56. The van der Waals surface area contributed by atoms with E-state index in [1.54, 1.807) is 18.4 Å². The average molecular weight is 218 g/mol. The number of nitrogens with zero attached hydrogens (tertiary/aromatic N) is 1. The molecule has 0 fully saturated rings. The molecule has 84 valence electrons. The van der Waals surface area contributed by atoms with E-state index < -0.39 is 0 Å². The molecule has 1 aromatic carbocycles. The van der Waals surface area contributed by atoms with Crippen LogP contribution in [0.5, 0.6) is 5.75 Å². The van der Waals surface area contributed by atoms with Crippen molar-refractivity contribution in [2.75, 3.05) is 0 Å². The van der Waals surface area contributed by atoms with Crippen LogP contribution in [-0.2, 0) is 6.54 Å². The number of phenols is 1. The van der Waals surface area contributed by atoms with Crippen LogP contribution in [0.3, 0.4) is 0 Å². The van der Waals surface area contributed by atoms with Gasteiger partial charge in [-0.05, 0) is 24.6 Å². The SMILES string of the molecule is CC(NCc1ccon1)c1ccc(O)cc1. The van der Waals surface area contributed by atoms with Crippen molar-refractivity contribution in [3.8, 4) is 5.75 Å². The number of hydrogen-bond acceptors (Lipinski definition) is 4. The Kier molecular flexibility index (Phi) is 3.22. The van der Waals surface area contributed by atoms with Gasteiger partial charge in [-0.3, -0.25) is 0 Å². The van der Waals surface area contributed by atoms with E-state index in [9.17, 15) is 5.11 Å². The van der Waals surface area contributed by atoms with Crippen LogP contribution in [-0.4, -0.2) is 10.3 Å². The number of nitrogens with one attached hydrogen (secondary N) is 1. The van der Waals surface area contributed by atoms with Crippen LogP contribution in [0.2, 0.25) is 0 Å². The molecule has 0 spiro atoms. The van der Waals surface area contributed by atoms with Gasteiger partial charge in [0, 0.05) is 18.7 Å². The minimum Gasteiger partial charge on any atom is -0.508 e. The standard InChI is InChI=1S/C12H14N2O2/c1-9(10-2-4-12(15)5-3-10)13-8-11-6-7-16-14-11/h2-7,9,13,15H,8H2,1H3. The zero-order chi connectivity index (χ0) is 11.4. The van der Waals surface area contributed by atoms with Crippen molar-refractivity contribution in [3.63, 3.8) is 0 Å². The summed E-state index contributed by atoms with van der Waals surface area (Å²) < 4.78 is 4.75. The molecule has 1 atom stereocenters. The molecule has 0 bridgehead atoms. The predicted molar refractivity (Wildman–Crippen MR) is 59.9 cm³/mol. The first-order chi connectivity index (χ1) is 7.75. The summed E-state index contributed by atoms with van der Waals surface area (Å²) in [5, 5.41) is 16.3. The fourth-order valence-corrected chi connectivity index (χ4v) is 1.47. The van der Waals surface area contributed by atoms with E-state index in [1.165, 1.54) is 0 Å². The minimum absolute atomic E-state index is 0.206. The van der Waals surface area contributed by atoms with E-state index in [0.29, 0.717) is 6.54 Å². The van der Waals surface area contributed by atoms with E-state index in [-0.39, 0.29) is 11.8 Å². The minimum atomic E-state index is 0.206. The van der Waals surface area contributed by atoms with Gasteiger partial charge in [-0.1, -0.05) is 17.3 Å². The first-order valence-electron chi connectivity index (χ1n) is 5.17. The Bertz CT molecular complexity index is 423. The topological polar surface area (TPSA) is 58.3 Å². The van der Waals surface area contributed by atoms with Gasteiger partial charge in [0.05, 0.1) is 5.69 Å². The van der Waals surface area contributed by atoms with Crippen LogP contribution in [0.4, 0.5) is 0 Å². The van der Waals surface area contributed by atoms with Gasteiger partial charge < -0.3 is 14.9 Å². The summed E-state index contributed by atoms with van der Waals surface area (Å²) in [5.41, 5.74) is 2.01. The molecule has 0 aliphatic carbocycles. The van der Waals surface area contributed by atoms with Crippen LogP contribution in [0, 0.1) is 0 Å². The van der Waals surface area contributed by atoms with E-state index in [0.717, 1.165) is 11.3 Å². The maximum atomic E-state index is 9.18. The Hall–Kier alpha value is -1.81. The second-order valence-corrected chi connectivity index (χ2v) is 3.68.